The Morgan fingerprint density at radius 2 is 2.00 bits per heavy atom. The topological polar surface area (TPSA) is 32.3 Å². The fourth-order valence-corrected chi connectivity index (χ4v) is 3.66. The number of nitrogens with one attached hydrogen (secondary N) is 1. The van der Waals surface area contributed by atoms with Gasteiger partial charge in [-0.15, -0.1) is 0 Å². The van der Waals surface area contributed by atoms with Gasteiger partial charge in [-0.3, -0.25) is 10.1 Å². The van der Waals surface area contributed by atoms with Gasteiger partial charge in [0.25, 0.3) is 0 Å². The quantitative estimate of drug-likeness (QED) is 0.816. The van der Waals surface area contributed by atoms with Gasteiger partial charge < -0.3 is 4.90 Å². The molecule has 0 bridgehead atoms. The molecule has 104 valence electrons. The molecule has 1 saturated carbocycles. The molecule has 0 aromatic heterocycles. The predicted molar refractivity (Wildman–Crippen MR) is 74.2 cm³/mol. The number of nitrogens with zero attached hydrogens (tertiary/aromatic N) is 1. The summed E-state index contributed by atoms with van der Waals surface area (Å²) in [5, 5.41) is 3.52. The molecule has 3 heteroatoms. The van der Waals surface area contributed by atoms with Gasteiger partial charge in [0, 0.05) is 6.04 Å². The van der Waals surface area contributed by atoms with E-state index in [1.165, 1.54) is 25.7 Å². The van der Waals surface area contributed by atoms with E-state index < -0.39 is 0 Å². The van der Waals surface area contributed by atoms with Crippen LogP contribution in [0.15, 0.2) is 0 Å². The van der Waals surface area contributed by atoms with E-state index >= 15 is 0 Å². The smallest absolute Gasteiger partial charge is 0.241 e. The molecule has 2 aliphatic rings. The first-order valence-electron chi connectivity index (χ1n) is 7.77. The van der Waals surface area contributed by atoms with E-state index in [2.05, 4.69) is 31.0 Å². The first-order chi connectivity index (χ1) is 8.69. The Morgan fingerprint density at radius 3 is 2.56 bits per heavy atom. The standard InChI is InChI=1S/C15H28N2O/c1-4-8-14-16-13(5-2)15(18)17(14)11(3)12-9-6-7-10-12/h11-14,16H,4-10H2,1-3H3. The average molecular weight is 252 g/mol. The van der Waals surface area contributed by atoms with E-state index in [-0.39, 0.29) is 12.2 Å². The summed E-state index contributed by atoms with van der Waals surface area (Å²) >= 11 is 0. The number of hydrogen-bond donors (Lipinski definition) is 1. The highest BCUT2D eigenvalue weighted by atomic mass is 16.2. The van der Waals surface area contributed by atoms with E-state index in [0.717, 1.165) is 25.2 Å². The molecule has 2 rings (SSSR count). The fourth-order valence-electron chi connectivity index (χ4n) is 3.66. The highest BCUT2D eigenvalue weighted by Gasteiger charge is 2.42. The van der Waals surface area contributed by atoms with Crippen LogP contribution in [0.5, 0.6) is 0 Å². The summed E-state index contributed by atoms with van der Waals surface area (Å²) in [5.41, 5.74) is 0. The van der Waals surface area contributed by atoms with Crippen LogP contribution in [-0.4, -0.2) is 29.1 Å². The maximum absolute atomic E-state index is 12.5. The molecule has 1 amide bonds. The third-order valence-corrected chi connectivity index (χ3v) is 4.77. The van der Waals surface area contributed by atoms with Crippen molar-refractivity contribution in [3.63, 3.8) is 0 Å². The first kappa shape index (κ1) is 13.9. The number of carbonyl (C=O) groups excluding carboxylic acids is 1. The van der Waals surface area contributed by atoms with Crippen LogP contribution in [-0.2, 0) is 4.79 Å². The number of carbonyl (C=O) groups is 1. The van der Waals surface area contributed by atoms with Crippen molar-refractivity contribution in [2.24, 2.45) is 5.92 Å². The van der Waals surface area contributed by atoms with Crippen molar-refractivity contribution in [3.8, 4) is 0 Å². The number of amides is 1. The molecule has 0 aromatic carbocycles. The molecule has 0 aromatic rings. The normalized spacial score (nSPS) is 31.3. The predicted octanol–water partition coefficient (Wildman–Crippen LogP) is 2.90. The Balaban J connectivity index is 2.08. The lowest BCUT2D eigenvalue weighted by Gasteiger charge is -2.34. The molecule has 3 atom stereocenters. The summed E-state index contributed by atoms with van der Waals surface area (Å²) in [6.07, 6.45) is 8.71. The second-order valence-electron chi connectivity index (χ2n) is 5.96. The maximum atomic E-state index is 12.5. The lowest BCUT2D eigenvalue weighted by Crippen LogP contribution is -2.46. The van der Waals surface area contributed by atoms with Gasteiger partial charge in [-0.25, -0.2) is 0 Å². The Morgan fingerprint density at radius 1 is 1.33 bits per heavy atom. The van der Waals surface area contributed by atoms with Crippen LogP contribution < -0.4 is 5.32 Å². The second kappa shape index (κ2) is 6.05. The Bertz CT molecular complexity index is 286. The molecule has 1 heterocycles. The van der Waals surface area contributed by atoms with E-state index in [1.807, 2.05) is 0 Å². The molecule has 3 nitrogen and oxygen atoms in total. The summed E-state index contributed by atoms with van der Waals surface area (Å²) in [5.74, 6) is 1.07. The first-order valence-corrected chi connectivity index (χ1v) is 7.77. The van der Waals surface area contributed by atoms with Gasteiger partial charge in [0.05, 0.1) is 12.2 Å². The van der Waals surface area contributed by atoms with Crippen molar-refractivity contribution < 1.29 is 4.79 Å². The Kier molecular flexibility index (Phi) is 4.66. The SMILES string of the molecule is CCCC1NC(CC)C(=O)N1C(C)C1CCCC1. The minimum atomic E-state index is 0.0606. The van der Waals surface area contributed by atoms with Crippen molar-refractivity contribution >= 4 is 5.91 Å². The van der Waals surface area contributed by atoms with Crippen LogP contribution in [0, 0.1) is 5.92 Å². The van der Waals surface area contributed by atoms with Gasteiger partial charge in [-0.1, -0.05) is 33.1 Å². The third kappa shape index (κ3) is 2.56. The van der Waals surface area contributed by atoms with E-state index in [4.69, 9.17) is 0 Å². The minimum Gasteiger partial charge on any atom is -0.323 e. The molecule has 2 fully saturated rings. The molecule has 3 unspecified atom stereocenters. The van der Waals surface area contributed by atoms with Gasteiger partial charge in [-0.05, 0) is 38.5 Å². The van der Waals surface area contributed by atoms with Gasteiger partial charge in [0.1, 0.15) is 0 Å². The lowest BCUT2D eigenvalue weighted by atomic mass is 9.97. The molecular weight excluding hydrogens is 224 g/mol. The van der Waals surface area contributed by atoms with Gasteiger partial charge >= 0.3 is 0 Å². The number of hydrogen-bond acceptors (Lipinski definition) is 2. The van der Waals surface area contributed by atoms with Crippen molar-refractivity contribution in [2.45, 2.75) is 84.0 Å². The second-order valence-corrected chi connectivity index (χ2v) is 5.96. The molecule has 1 aliphatic heterocycles. The van der Waals surface area contributed by atoms with Crippen LogP contribution in [0.1, 0.15) is 65.7 Å². The summed E-state index contributed by atoms with van der Waals surface area (Å²) < 4.78 is 0. The van der Waals surface area contributed by atoms with Gasteiger partial charge in [-0.2, -0.15) is 0 Å². The summed E-state index contributed by atoms with van der Waals surface area (Å²) in [7, 11) is 0. The van der Waals surface area contributed by atoms with Gasteiger partial charge in [0.2, 0.25) is 5.91 Å². The summed E-state index contributed by atoms with van der Waals surface area (Å²) in [6.45, 7) is 6.56. The summed E-state index contributed by atoms with van der Waals surface area (Å²) in [6, 6.07) is 0.478. The van der Waals surface area contributed by atoms with Gasteiger partial charge in [0.15, 0.2) is 0 Å². The van der Waals surface area contributed by atoms with Crippen molar-refractivity contribution in [2.75, 3.05) is 0 Å². The Labute approximate surface area is 111 Å². The van der Waals surface area contributed by atoms with Crippen LogP contribution in [0.25, 0.3) is 0 Å². The third-order valence-electron chi connectivity index (χ3n) is 4.77. The zero-order chi connectivity index (χ0) is 13.1. The van der Waals surface area contributed by atoms with Crippen LogP contribution in [0.2, 0.25) is 0 Å². The zero-order valence-electron chi connectivity index (χ0n) is 12.1. The van der Waals surface area contributed by atoms with E-state index in [0.29, 0.717) is 11.9 Å². The largest absolute Gasteiger partial charge is 0.323 e. The molecule has 0 radical (unpaired) electrons. The maximum Gasteiger partial charge on any atom is 0.241 e. The molecular formula is C15H28N2O. The molecule has 0 spiro atoms. The zero-order valence-corrected chi connectivity index (χ0v) is 12.1. The van der Waals surface area contributed by atoms with Crippen molar-refractivity contribution in [1.82, 2.24) is 10.2 Å². The number of rotatable bonds is 5. The highest BCUT2D eigenvalue weighted by molar-refractivity contribution is 5.84. The lowest BCUT2D eigenvalue weighted by molar-refractivity contribution is -0.133. The van der Waals surface area contributed by atoms with E-state index in [1.54, 1.807) is 0 Å². The monoisotopic (exact) mass is 252 g/mol. The molecule has 1 saturated heterocycles. The minimum absolute atomic E-state index is 0.0606. The van der Waals surface area contributed by atoms with Crippen LogP contribution >= 0.6 is 0 Å². The Hall–Kier alpha value is -0.570. The average Bonchev–Trinajstić information content (AvgIpc) is 2.97. The van der Waals surface area contributed by atoms with Crippen LogP contribution in [0.4, 0.5) is 0 Å². The molecule has 18 heavy (non-hydrogen) atoms. The molecule has 1 aliphatic carbocycles. The summed E-state index contributed by atoms with van der Waals surface area (Å²) in [4.78, 5) is 14.7. The van der Waals surface area contributed by atoms with Crippen molar-refractivity contribution in [3.05, 3.63) is 0 Å². The molecule has 1 N–H and O–H groups in total. The fraction of sp³-hybridized carbons (Fsp3) is 0.933. The van der Waals surface area contributed by atoms with Crippen LogP contribution in [0.3, 0.4) is 0 Å². The van der Waals surface area contributed by atoms with Crippen molar-refractivity contribution in [1.29, 1.82) is 0 Å². The van der Waals surface area contributed by atoms with E-state index in [9.17, 15) is 4.79 Å². The highest BCUT2D eigenvalue weighted by Crippen LogP contribution is 2.33.